The Morgan fingerprint density at radius 2 is 1.93 bits per heavy atom. The predicted molar refractivity (Wildman–Crippen MR) is 50.5 cm³/mol. The highest BCUT2D eigenvalue weighted by Gasteiger charge is 2.28. The lowest BCUT2D eigenvalue weighted by atomic mass is 10.1. The molecule has 0 heterocycles. The zero-order valence-electron chi connectivity index (χ0n) is 8.06. The SMILES string of the molecule is CC(=O)Nc1ccccc1CC(F)(F)F. The van der Waals surface area contributed by atoms with Gasteiger partial charge in [0.2, 0.25) is 5.91 Å². The van der Waals surface area contributed by atoms with Crippen LogP contribution in [0.2, 0.25) is 0 Å². The molecular weight excluding hydrogens is 207 g/mol. The van der Waals surface area contributed by atoms with Crippen molar-refractivity contribution in [2.24, 2.45) is 0 Å². The third-order valence-corrected chi connectivity index (χ3v) is 1.72. The number of benzene rings is 1. The molecule has 0 spiro atoms. The van der Waals surface area contributed by atoms with Crippen LogP contribution in [0.5, 0.6) is 0 Å². The Kier molecular flexibility index (Phi) is 3.34. The molecule has 15 heavy (non-hydrogen) atoms. The third-order valence-electron chi connectivity index (χ3n) is 1.72. The number of nitrogens with one attached hydrogen (secondary N) is 1. The quantitative estimate of drug-likeness (QED) is 0.810. The number of carbonyl (C=O) groups is 1. The molecule has 0 saturated carbocycles. The molecule has 0 bridgehead atoms. The van der Waals surface area contributed by atoms with E-state index in [0.717, 1.165) is 0 Å². The van der Waals surface area contributed by atoms with E-state index in [4.69, 9.17) is 0 Å². The lowest BCUT2D eigenvalue weighted by Gasteiger charge is -2.11. The summed E-state index contributed by atoms with van der Waals surface area (Å²) in [6, 6.07) is 5.87. The van der Waals surface area contributed by atoms with Crippen LogP contribution >= 0.6 is 0 Å². The summed E-state index contributed by atoms with van der Waals surface area (Å²) in [7, 11) is 0. The molecule has 0 aliphatic heterocycles. The molecule has 0 aromatic heterocycles. The number of halogens is 3. The van der Waals surface area contributed by atoms with Gasteiger partial charge in [0, 0.05) is 12.6 Å². The van der Waals surface area contributed by atoms with Gasteiger partial charge < -0.3 is 5.32 Å². The van der Waals surface area contributed by atoms with E-state index in [-0.39, 0.29) is 17.2 Å². The Balaban J connectivity index is 2.91. The van der Waals surface area contributed by atoms with Crippen LogP contribution in [0.3, 0.4) is 0 Å². The third kappa shape index (κ3) is 4.01. The van der Waals surface area contributed by atoms with Gasteiger partial charge in [-0.1, -0.05) is 18.2 Å². The maximum absolute atomic E-state index is 12.1. The summed E-state index contributed by atoms with van der Waals surface area (Å²) in [4.78, 5) is 10.7. The number of hydrogen-bond donors (Lipinski definition) is 1. The normalized spacial score (nSPS) is 11.2. The van der Waals surface area contributed by atoms with Crippen LogP contribution in [0.25, 0.3) is 0 Å². The fourth-order valence-corrected chi connectivity index (χ4v) is 1.20. The summed E-state index contributed by atoms with van der Waals surface area (Å²) in [5.41, 5.74) is 0.280. The first-order chi connectivity index (χ1) is 6.88. The van der Waals surface area contributed by atoms with Gasteiger partial charge >= 0.3 is 6.18 Å². The van der Waals surface area contributed by atoms with Gasteiger partial charge in [-0.05, 0) is 11.6 Å². The maximum atomic E-state index is 12.1. The van der Waals surface area contributed by atoms with Gasteiger partial charge in [-0.3, -0.25) is 4.79 Å². The molecule has 82 valence electrons. The topological polar surface area (TPSA) is 29.1 Å². The molecule has 1 aromatic carbocycles. The number of hydrogen-bond acceptors (Lipinski definition) is 1. The Bertz CT molecular complexity index is 360. The van der Waals surface area contributed by atoms with Gasteiger partial charge in [0.15, 0.2) is 0 Å². The molecule has 0 unspecified atom stereocenters. The van der Waals surface area contributed by atoms with Gasteiger partial charge in [-0.15, -0.1) is 0 Å². The van der Waals surface area contributed by atoms with Crippen molar-refractivity contribution < 1.29 is 18.0 Å². The van der Waals surface area contributed by atoms with Crippen molar-refractivity contribution in [2.45, 2.75) is 19.5 Å². The molecule has 1 N–H and O–H groups in total. The average Bonchev–Trinajstić information content (AvgIpc) is 2.05. The number of anilines is 1. The molecule has 0 fully saturated rings. The number of carbonyl (C=O) groups excluding carboxylic acids is 1. The van der Waals surface area contributed by atoms with E-state index in [0.29, 0.717) is 0 Å². The van der Waals surface area contributed by atoms with Crippen LogP contribution in [0.15, 0.2) is 24.3 Å². The first kappa shape index (κ1) is 11.6. The second-order valence-electron chi connectivity index (χ2n) is 3.13. The molecule has 2 nitrogen and oxygen atoms in total. The largest absolute Gasteiger partial charge is 0.393 e. The lowest BCUT2D eigenvalue weighted by molar-refractivity contribution is -0.127. The minimum Gasteiger partial charge on any atom is -0.326 e. The summed E-state index contributed by atoms with van der Waals surface area (Å²) in [5.74, 6) is -0.385. The molecule has 5 heteroatoms. The summed E-state index contributed by atoms with van der Waals surface area (Å²) in [6.07, 6.45) is -5.31. The highest BCUT2D eigenvalue weighted by molar-refractivity contribution is 5.89. The van der Waals surface area contributed by atoms with E-state index in [1.54, 1.807) is 6.07 Å². The van der Waals surface area contributed by atoms with Crippen LogP contribution in [-0.2, 0) is 11.2 Å². The molecule has 1 aromatic rings. The molecule has 0 atom stereocenters. The number of amides is 1. The van der Waals surface area contributed by atoms with Crippen molar-refractivity contribution in [1.29, 1.82) is 0 Å². The van der Waals surface area contributed by atoms with Gasteiger partial charge in [-0.2, -0.15) is 13.2 Å². The minimum absolute atomic E-state index is 0.0696. The smallest absolute Gasteiger partial charge is 0.326 e. The Hall–Kier alpha value is -1.52. The monoisotopic (exact) mass is 217 g/mol. The molecule has 0 saturated heterocycles. The van der Waals surface area contributed by atoms with Gasteiger partial charge in [0.25, 0.3) is 0 Å². The van der Waals surface area contributed by atoms with Crippen molar-refractivity contribution in [3.8, 4) is 0 Å². The maximum Gasteiger partial charge on any atom is 0.393 e. The Morgan fingerprint density at radius 3 is 2.47 bits per heavy atom. The van der Waals surface area contributed by atoms with Gasteiger partial charge in [-0.25, -0.2) is 0 Å². The molecular formula is C10H10F3NO. The fourth-order valence-electron chi connectivity index (χ4n) is 1.20. The number of para-hydroxylation sites is 1. The number of alkyl halides is 3. The zero-order chi connectivity index (χ0) is 11.5. The minimum atomic E-state index is -4.27. The van der Waals surface area contributed by atoms with E-state index in [9.17, 15) is 18.0 Å². The lowest BCUT2D eigenvalue weighted by Crippen LogP contribution is -2.15. The van der Waals surface area contributed by atoms with Crippen molar-refractivity contribution in [3.05, 3.63) is 29.8 Å². The van der Waals surface area contributed by atoms with Crippen LogP contribution in [0.4, 0.5) is 18.9 Å². The average molecular weight is 217 g/mol. The highest BCUT2D eigenvalue weighted by atomic mass is 19.4. The molecule has 1 amide bonds. The van der Waals surface area contributed by atoms with E-state index < -0.39 is 12.6 Å². The Labute approximate surface area is 85.1 Å². The first-order valence-corrected chi connectivity index (χ1v) is 4.31. The molecule has 1 rings (SSSR count). The van der Waals surface area contributed by atoms with E-state index in [1.807, 2.05) is 0 Å². The highest BCUT2D eigenvalue weighted by Crippen LogP contribution is 2.25. The van der Waals surface area contributed by atoms with Gasteiger partial charge in [0.1, 0.15) is 0 Å². The first-order valence-electron chi connectivity index (χ1n) is 4.31. The van der Waals surface area contributed by atoms with Crippen molar-refractivity contribution in [3.63, 3.8) is 0 Å². The van der Waals surface area contributed by atoms with Crippen molar-refractivity contribution in [1.82, 2.24) is 0 Å². The standard InChI is InChI=1S/C10H10F3NO/c1-7(15)14-9-5-3-2-4-8(9)6-10(11,12)13/h2-5H,6H2,1H3,(H,14,15). The molecule has 0 aliphatic carbocycles. The summed E-state index contributed by atoms with van der Waals surface area (Å²) < 4.78 is 36.4. The molecule has 0 radical (unpaired) electrons. The fraction of sp³-hybridized carbons (Fsp3) is 0.300. The second kappa shape index (κ2) is 4.33. The summed E-state index contributed by atoms with van der Waals surface area (Å²) in [6.45, 7) is 1.25. The zero-order valence-corrected chi connectivity index (χ0v) is 8.06. The van der Waals surface area contributed by atoms with Gasteiger partial charge in [0.05, 0.1) is 6.42 Å². The Morgan fingerprint density at radius 1 is 1.33 bits per heavy atom. The van der Waals surface area contributed by atoms with Crippen LogP contribution in [0, 0.1) is 0 Å². The summed E-state index contributed by atoms with van der Waals surface area (Å²) in [5, 5.41) is 2.36. The summed E-state index contributed by atoms with van der Waals surface area (Å²) >= 11 is 0. The van der Waals surface area contributed by atoms with Crippen molar-refractivity contribution >= 4 is 11.6 Å². The second-order valence-corrected chi connectivity index (χ2v) is 3.13. The number of rotatable bonds is 2. The van der Waals surface area contributed by atoms with Crippen molar-refractivity contribution in [2.75, 3.05) is 5.32 Å². The molecule has 0 aliphatic rings. The van der Waals surface area contributed by atoms with Crippen LogP contribution in [-0.4, -0.2) is 12.1 Å². The van der Waals surface area contributed by atoms with Crippen LogP contribution in [0.1, 0.15) is 12.5 Å². The predicted octanol–water partition coefficient (Wildman–Crippen LogP) is 2.75. The van der Waals surface area contributed by atoms with E-state index in [1.165, 1.54) is 25.1 Å². The van der Waals surface area contributed by atoms with E-state index >= 15 is 0 Å². The van der Waals surface area contributed by atoms with Crippen LogP contribution < -0.4 is 5.32 Å². The van der Waals surface area contributed by atoms with E-state index in [2.05, 4.69) is 5.32 Å².